The number of nitrogens with zero attached hydrogens (tertiary/aromatic N) is 4. The van der Waals surface area contributed by atoms with Crippen molar-refractivity contribution in [1.82, 2.24) is 14.9 Å². The standard InChI is InChI=1S/C16H26N6O2/c1-10(2)19-13(17)21-14-18-8-11-6-7-22(9-12(11)20-14)15(23)24-16(3,4)5/h8,10H,6-7,9H2,1-5H3,(H3,17,18,19,20,21). The number of hydrogen-bond donors (Lipinski definition) is 2. The van der Waals surface area contributed by atoms with Crippen molar-refractivity contribution < 1.29 is 9.53 Å². The average molecular weight is 334 g/mol. The Bertz CT molecular complexity index is 636. The Labute approximate surface area is 142 Å². The van der Waals surface area contributed by atoms with Gasteiger partial charge in [0.2, 0.25) is 5.95 Å². The van der Waals surface area contributed by atoms with E-state index < -0.39 is 5.60 Å². The van der Waals surface area contributed by atoms with Gasteiger partial charge >= 0.3 is 6.09 Å². The minimum atomic E-state index is -0.516. The molecule has 0 aromatic carbocycles. The first-order chi connectivity index (χ1) is 11.1. The fourth-order valence-electron chi connectivity index (χ4n) is 2.27. The highest BCUT2D eigenvalue weighted by Gasteiger charge is 2.26. The molecule has 1 aliphatic rings. The molecule has 2 heterocycles. The largest absolute Gasteiger partial charge is 0.444 e. The summed E-state index contributed by atoms with van der Waals surface area (Å²) in [4.78, 5) is 26.8. The van der Waals surface area contributed by atoms with Crippen LogP contribution in [0.3, 0.4) is 0 Å². The van der Waals surface area contributed by atoms with Gasteiger partial charge in [0, 0.05) is 18.8 Å². The zero-order chi connectivity index (χ0) is 17.9. The van der Waals surface area contributed by atoms with Crippen LogP contribution in [0.2, 0.25) is 0 Å². The van der Waals surface area contributed by atoms with Gasteiger partial charge in [0.1, 0.15) is 5.60 Å². The minimum Gasteiger partial charge on any atom is -0.444 e. The van der Waals surface area contributed by atoms with Gasteiger partial charge in [-0.1, -0.05) is 0 Å². The van der Waals surface area contributed by atoms with Crippen molar-refractivity contribution in [2.75, 3.05) is 11.9 Å². The van der Waals surface area contributed by atoms with E-state index in [-0.39, 0.29) is 18.1 Å². The molecular weight excluding hydrogens is 308 g/mol. The number of nitrogens with one attached hydrogen (secondary N) is 1. The summed E-state index contributed by atoms with van der Waals surface area (Å²) in [5.74, 6) is 0.645. The van der Waals surface area contributed by atoms with Gasteiger partial charge in [-0.3, -0.25) is 10.3 Å². The van der Waals surface area contributed by atoms with Crippen molar-refractivity contribution in [3.8, 4) is 0 Å². The van der Waals surface area contributed by atoms with Gasteiger partial charge in [-0.05, 0) is 46.6 Å². The molecule has 132 valence electrons. The third-order valence-corrected chi connectivity index (χ3v) is 3.23. The van der Waals surface area contributed by atoms with Crippen LogP contribution in [-0.4, -0.2) is 45.1 Å². The number of fused-ring (bicyclic) bond motifs is 1. The van der Waals surface area contributed by atoms with Crippen molar-refractivity contribution >= 4 is 18.0 Å². The zero-order valence-electron chi connectivity index (χ0n) is 15.0. The SMILES string of the molecule is CC(C)N=C(N)Nc1ncc2c(n1)CN(C(=O)OC(C)(C)C)CC2. The molecule has 0 saturated carbocycles. The van der Waals surface area contributed by atoms with Crippen molar-refractivity contribution in [2.45, 2.75) is 59.2 Å². The van der Waals surface area contributed by atoms with Crippen LogP contribution in [-0.2, 0) is 17.7 Å². The Hall–Kier alpha value is -2.38. The molecule has 8 nitrogen and oxygen atoms in total. The van der Waals surface area contributed by atoms with Crippen molar-refractivity contribution in [2.24, 2.45) is 10.7 Å². The first kappa shape index (κ1) is 18.0. The molecule has 0 radical (unpaired) electrons. The number of hydrogen-bond acceptors (Lipinski definition) is 5. The van der Waals surface area contributed by atoms with Gasteiger partial charge in [0.25, 0.3) is 0 Å². The second-order valence-corrected chi connectivity index (χ2v) is 7.05. The summed E-state index contributed by atoms with van der Waals surface area (Å²) in [6.45, 7) is 10.4. The monoisotopic (exact) mass is 334 g/mol. The predicted molar refractivity (Wildman–Crippen MR) is 92.8 cm³/mol. The average Bonchev–Trinajstić information content (AvgIpc) is 2.43. The second-order valence-electron chi connectivity index (χ2n) is 7.05. The van der Waals surface area contributed by atoms with E-state index in [1.165, 1.54) is 0 Å². The molecule has 0 aliphatic carbocycles. The molecule has 3 N–H and O–H groups in total. The van der Waals surface area contributed by atoms with E-state index in [4.69, 9.17) is 10.5 Å². The molecule has 0 fully saturated rings. The number of aliphatic imine (C=N–C) groups is 1. The van der Waals surface area contributed by atoms with Gasteiger partial charge in [0.05, 0.1) is 12.2 Å². The maximum Gasteiger partial charge on any atom is 0.410 e. The van der Waals surface area contributed by atoms with Crippen molar-refractivity contribution in [3.05, 3.63) is 17.5 Å². The molecule has 0 unspecified atom stereocenters. The summed E-state index contributed by atoms with van der Waals surface area (Å²) >= 11 is 0. The normalized spacial score (nSPS) is 15.2. The van der Waals surface area contributed by atoms with Gasteiger partial charge in [-0.25, -0.2) is 14.8 Å². The predicted octanol–water partition coefficient (Wildman–Crippen LogP) is 1.90. The number of ether oxygens (including phenoxy) is 1. The van der Waals surface area contributed by atoms with Crippen LogP contribution in [0.25, 0.3) is 0 Å². The zero-order valence-corrected chi connectivity index (χ0v) is 15.0. The first-order valence-corrected chi connectivity index (χ1v) is 8.07. The summed E-state index contributed by atoms with van der Waals surface area (Å²) in [6.07, 6.45) is 2.13. The highest BCUT2D eigenvalue weighted by atomic mass is 16.6. The van der Waals surface area contributed by atoms with Crippen LogP contribution < -0.4 is 11.1 Å². The lowest BCUT2D eigenvalue weighted by atomic mass is 10.1. The first-order valence-electron chi connectivity index (χ1n) is 8.07. The number of carbonyl (C=O) groups excluding carboxylic acids is 1. The highest BCUT2D eigenvalue weighted by molar-refractivity contribution is 5.90. The fraction of sp³-hybridized carbons (Fsp3) is 0.625. The Morgan fingerprint density at radius 3 is 2.79 bits per heavy atom. The summed E-state index contributed by atoms with van der Waals surface area (Å²) in [5.41, 5.74) is 7.11. The topological polar surface area (TPSA) is 106 Å². The Morgan fingerprint density at radius 2 is 2.17 bits per heavy atom. The Balaban J connectivity index is 2.10. The summed E-state index contributed by atoms with van der Waals surface area (Å²) in [5, 5.41) is 2.88. The van der Waals surface area contributed by atoms with E-state index in [1.807, 2.05) is 34.6 Å². The van der Waals surface area contributed by atoms with Crippen LogP contribution >= 0.6 is 0 Å². The van der Waals surface area contributed by atoms with Crippen LogP contribution in [0.5, 0.6) is 0 Å². The van der Waals surface area contributed by atoms with E-state index in [9.17, 15) is 4.79 Å². The number of carbonyl (C=O) groups is 1. The molecule has 0 bridgehead atoms. The molecule has 0 spiro atoms. The molecule has 0 atom stereocenters. The molecule has 1 aromatic rings. The van der Waals surface area contributed by atoms with Gasteiger partial charge in [-0.15, -0.1) is 0 Å². The van der Waals surface area contributed by atoms with Crippen molar-refractivity contribution in [1.29, 1.82) is 0 Å². The second kappa shape index (κ2) is 7.02. The number of rotatable bonds is 2. The maximum atomic E-state index is 12.2. The van der Waals surface area contributed by atoms with E-state index in [0.717, 1.165) is 11.3 Å². The Kier molecular flexibility index (Phi) is 5.26. The van der Waals surface area contributed by atoms with Gasteiger partial charge < -0.3 is 15.4 Å². The van der Waals surface area contributed by atoms with Crippen LogP contribution in [0.15, 0.2) is 11.2 Å². The Morgan fingerprint density at radius 1 is 1.46 bits per heavy atom. The molecule has 1 aromatic heterocycles. The number of nitrogens with two attached hydrogens (primary N) is 1. The van der Waals surface area contributed by atoms with Crippen LogP contribution in [0.1, 0.15) is 45.9 Å². The number of anilines is 1. The van der Waals surface area contributed by atoms with E-state index in [2.05, 4.69) is 20.3 Å². The van der Waals surface area contributed by atoms with Gasteiger partial charge in [0.15, 0.2) is 5.96 Å². The fourth-order valence-corrected chi connectivity index (χ4v) is 2.27. The van der Waals surface area contributed by atoms with Crippen LogP contribution in [0, 0.1) is 0 Å². The van der Waals surface area contributed by atoms with E-state index in [0.29, 0.717) is 25.5 Å². The highest BCUT2D eigenvalue weighted by Crippen LogP contribution is 2.20. The van der Waals surface area contributed by atoms with Crippen molar-refractivity contribution in [3.63, 3.8) is 0 Å². The lowest BCUT2D eigenvalue weighted by Gasteiger charge is -2.30. The third kappa shape index (κ3) is 5.07. The lowest BCUT2D eigenvalue weighted by molar-refractivity contribution is 0.0220. The molecule has 0 saturated heterocycles. The van der Waals surface area contributed by atoms with E-state index >= 15 is 0 Å². The van der Waals surface area contributed by atoms with Gasteiger partial charge in [-0.2, -0.15) is 0 Å². The minimum absolute atomic E-state index is 0.0813. The third-order valence-electron chi connectivity index (χ3n) is 3.23. The molecular formula is C16H26N6O2. The summed E-state index contributed by atoms with van der Waals surface area (Å²) < 4.78 is 5.42. The summed E-state index contributed by atoms with van der Waals surface area (Å²) in [6, 6.07) is 0.0813. The van der Waals surface area contributed by atoms with E-state index in [1.54, 1.807) is 11.1 Å². The summed E-state index contributed by atoms with van der Waals surface area (Å²) in [7, 11) is 0. The molecule has 8 heteroatoms. The molecule has 1 amide bonds. The molecule has 1 aliphatic heterocycles. The lowest BCUT2D eigenvalue weighted by Crippen LogP contribution is -2.40. The molecule has 2 rings (SSSR count). The number of guanidine groups is 1. The quantitative estimate of drug-likeness (QED) is 0.632. The molecule has 24 heavy (non-hydrogen) atoms. The van der Waals surface area contributed by atoms with Crippen LogP contribution in [0.4, 0.5) is 10.7 Å². The maximum absolute atomic E-state index is 12.2. The number of aromatic nitrogens is 2. The number of amides is 1. The smallest absolute Gasteiger partial charge is 0.410 e.